The molecular formula is C10H8IN3OS. The third-order valence-electron chi connectivity index (χ3n) is 1.94. The zero-order valence-electron chi connectivity index (χ0n) is 8.40. The van der Waals surface area contributed by atoms with Gasteiger partial charge in [0.25, 0.3) is 5.91 Å². The first-order valence-electron chi connectivity index (χ1n) is 4.50. The normalized spacial score (nSPS) is 10.1. The molecule has 82 valence electrons. The summed E-state index contributed by atoms with van der Waals surface area (Å²) < 4.78 is 0.913. The summed E-state index contributed by atoms with van der Waals surface area (Å²) in [6, 6.07) is 3.72. The molecule has 0 aromatic carbocycles. The van der Waals surface area contributed by atoms with Gasteiger partial charge in [-0.05, 0) is 41.6 Å². The van der Waals surface area contributed by atoms with Crippen molar-refractivity contribution in [1.29, 1.82) is 0 Å². The van der Waals surface area contributed by atoms with Crippen molar-refractivity contribution in [1.82, 2.24) is 9.97 Å². The Morgan fingerprint density at radius 1 is 1.50 bits per heavy atom. The van der Waals surface area contributed by atoms with Gasteiger partial charge in [-0.2, -0.15) is 0 Å². The Kier molecular flexibility index (Phi) is 3.49. The van der Waals surface area contributed by atoms with Crippen LogP contribution in [-0.2, 0) is 0 Å². The van der Waals surface area contributed by atoms with Crippen LogP contribution in [0.3, 0.4) is 0 Å². The second-order valence-corrected chi connectivity index (χ2v) is 5.07. The number of aromatic nitrogens is 2. The molecule has 0 aliphatic carbocycles. The van der Waals surface area contributed by atoms with Crippen LogP contribution in [-0.4, -0.2) is 15.9 Å². The molecule has 1 N–H and O–H groups in total. The van der Waals surface area contributed by atoms with Crippen LogP contribution in [0.15, 0.2) is 23.8 Å². The molecule has 0 atom stereocenters. The third-order valence-corrected chi connectivity index (χ3v) is 3.74. The van der Waals surface area contributed by atoms with Crippen molar-refractivity contribution in [2.45, 2.75) is 6.92 Å². The fraction of sp³-hybridized carbons (Fsp3) is 0.100. The molecule has 0 fully saturated rings. The van der Waals surface area contributed by atoms with Crippen LogP contribution in [0.4, 0.5) is 5.82 Å². The summed E-state index contributed by atoms with van der Waals surface area (Å²) >= 11 is 3.46. The molecule has 16 heavy (non-hydrogen) atoms. The highest BCUT2D eigenvalue weighted by molar-refractivity contribution is 14.1. The Balaban J connectivity index is 2.21. The van der Waals surface area contributed by atoms with Crippen LogP contribution >= 0.6 is 33.9 Å². The number of pyridine rings is 1. The van der Waals surface area contributed by atoms with Crippen molar-refractivity contribution in [3.63, 3.8) is 0 Å². The lowest BCUT2D eigenvalue weighted by Gasteiger charge is -2.04. The van der Waals surface area contributed by atoms with E-state index < -0.39 is 0 Å². The van der Waals surface area contributed by atoms with E-state index in [0.29, 0.717) is 10.7 Å². The summed E-state index contributed by atoms with van der Waals surface area (Å²) in [5.41, 5.74) is 2.40. The lowest BCUT2D eigenvalue weighted by Crippen LogP contribution is -2.13. The smallest absolute Gasteiger partial charge is 0.268 e. The average molecular weight is 345 g/mol. The van der Waals surface area contributed by atoms with Gasteiger partial charge in [-0.3, -0.25) is 4.79 Å². The van der Waals surface area contributed by atoms with Crippen LogP contribution < -0.4 is 5.32 Å². The lowest BCUT2D eigenvalue weighted by molar-refractivity contribution is 0.102. The quantitative estimate of drug-likeness (QED) is 0.852. The molecule has 2 rings (SSSR count). The van der Waals surface area contributed by atoms with Gasteiger partial charge in [0, 0.05) is 6.20 Å². The number of carbonyl (C=O) groups excluding carboxylic acids is 1. The number of anilines is 1. The number of halogens is 1. The maximum Gasteiger partial charge on any atom is 0.268 e. The first-order chi connectivity index (χ1) is 7.68. The molecule has 0 radical (unpaired) electrons. The molecule has 4 nitrogen and oxygen atoms in total. The van der Waals surface area contributed by atoms with Crippen LogP contribution in [0, 0.1) is 10.5 Å². The molecule has 0 saturated carbocycles. The van der Waals surface area contributed by atoms with Crippen molar-refractivity contribution in [3.05, 3.63) is 38.0 Å². The topological polar surface area (TPSA) is 54.9 Å². The van der Waals surface area contributed by atoms with Crippen molar-refractivity contribution in [2.24, 2.45) is 0 Å². The molecule has 0 saturated heterocycles. The van der Waals surface area contributed by atoms with Crippen LogP contribution in [0.25, 0.3) is 0 Å². The Bertz CT molecular complexity index is 526. The Morgan fingerprint density at radius 2 is 2.31 bits per heavy atom. The summed E-state index contributed by atoms with van der Waals surface area (Å²) in [7, 11) is 0. The fourth-order valence-electron chi connectivity index (χ4n) is 1.16. The van der Waals surface area contributed by atoms with Gasteiger partial charge >= 0.3 is 0 Å². The average Bonchev–Trinajstić information content (AvgIpc) is 2.68. The predicted octanol–water partition coefficient (Wildman–Crippen LogP) is 2.70. The van der Waals surface area contributed by atoms with E-state index in [2.05, 4.69) is 37.9 Å². The summed E-state index contributed by atoms with van der Waals surface area (Å²) in [5, 5.41) is 2.77. The standard InChI is InChI=1S/C10H8IN3OS/c1-6-8(16-5-13-6)10(15)14-9-7(11)3-2-4-12-9/h2-5H,1H3,(H,12,14,15). The molecular weight excluding hydrogens is 337 g/mol. The Morgan fingerprint density at radius 3 is 2.94 bits per heavy atom. The number of aryl methyl sites for hydroxylation is 1. The Labute approximate surface area is 110 Å². The lowest BCUT2D eigenvalue weighted by atomic mass is 10.3. The summed E-state index contributed by atoms with van der Waals surface area (Å²) in [4.78, 5) is 20.6. The van der Waals surface area contributed by atoms with E-state index in [0.717, 1.165) is 9.26 Å². The molecule has 0 aliphatic heterocycles. The van der Waals surface area contributed by atoms with Crippen LogP contribution in [0.2, 0.25) is 0 Å². The molecule has 0 unspecified atom stereocenters. The number of nitrogens with one attached hydrogen (secondary N) is 1. The van der Waals surface area contributed by atoms with E-state index in [9.17, 15) is 4.79 Å². The maximum absolute atomic E-state index is 11.9. The number of carbonyl (C=O) groups is 1. The Hall–Kier alpha value is -1.02. The highest BCUT2D eigenvalue weighted by atomic mass is 127. The molecule has 0 spiro atoms. The van der Waals surface area contributed by atoms with Gasteiger partial charge in [0.05, 0.1) is 14.8 Å². The highest BCUT2D eigenvalue weighted by Gasteiger charge is 2.13. The first kappa shape index (κ1) is 11.5. The minimum Gasteiger partial charge on any atom is -0.305 e. The van der Waals surface area contributed by atoms with E-state index in [1.54, 1.807) is 11.7 Å². The largest absolute Gasteiger partial charge is 0.305 e. The minimum absolute atomic E-state index is 0.156. The van der Waals surface area contributed by atoms with Gasteiger partial charge < -0.3 is 5.32 Å². The van der Waals surface area contributed by atoms with Gasteiger partial charge in [0.2, 0.25) is 0 Å². The van der Waals surface area contributed by atoms with Gasteiger partial charge in [0.1, 0.15) is 10.7 Å². The molecule has 0 aliphatic rings. The van der Waals surface area contributed by atoms with Gasteiger partial charge in [0.15, 0.2) is 0 Å². The zero-order valence-corrected chi connectivity index (χ0v) is 11.4. The second-order valence-electron chi connectivity index (χ2n) is 3.05. The van der Waals surface area contributed by atoms with Crippen molar-refractivity contribution in [2.75, 3.05) is 5.32 Å². The van der Waals surface area contributed by atoms with Gasteiger partial charge in [-0.1, -0.05) is 0 Å². The zero-order chi connectivity index (χ0) is 11.5. The maximum atomic E-state index is 11.9. The van der Waals surface area contributed by atoms with Crippen LogP contribution in [0.5, 0.6) is 0 Å². The van der Waals surface area contributed by atoms with E-state index >= 15 is 0 Å². The summed E-state index contributed by atoms with van der Waals surface area (Å²) in [6.07, 6.45) is 1.65. The number of amides is 1. The van der Waals surface area contributed by atoms with Crippen molar-refractivity contribution >= 4 is 45.7 Å². The summed E-state index contributed by atoms with van der Waals surface area (Å²) in [5.74, 6) is 0.428. The number of nitrogens with zero attached hydrogens (tertiary/aromatic N) is 2. The molecule has 6 heteroatoms. The minimum atomic E-state index is -0.156. The molecule has 2 aromatic heterocycles. The number of hydrogen-bond donors (Lipinski definition) is 1. The number of rotatable bonds is 2. The van der Waals surface area contributed by atoms with E-state index in [4.69, 9.17) is 0 Å². The monoisotopic (exact) mass is 345 g/mol. The molecule has 1 amide bonds. The number of thiazole rings is 1. The van der Waals surface area contributed by atoms with E-state index in [-0.39, 0.29) is 5.91 Å². The predicted molar refractivity (Wildman–Crippen MR) is 71.8 cm³/mol. The second kappa shape index (κ2) is 4.88. The summed E-state index contributed by atoms with van der Waals surface area (Å²) in [6.45, 7) is 1.81. The van der Waals surface area contributed by atoms with Gasteiger partial charge in [-0.25, -0.2) is 9.97 Å². The molecule has 2 heterocycles. The van der Waals surface area contributed by atoms with Crippen molar-refractivity contribution < 1.29 is 4.79 Å². The number of hydrogen-bond acceptors (Lipinski definition) is 4. The molecule has 0 bridgehead atoms. The van der Waals surface area contributed by atoms with E-state index in [1.807, 2.05) is 19.1 Å². The first-order valence-corrected chi connectivity index (χ1v) is 6.46. The van der Waals surface area contributed by atoms with Crippen LogP contribution in [0.1, 0.15) is 15.4 Å². The highest BCUT2D eigenvalue weighted by Crippen LogP contribution is 2.17. The fourth-order valence-corrected chi connectivity index (χ4v) is 2.34. The molecule has 2 aromatic rings. The SMILES string of the molecule is Cc1ncsc1C(=O)Nc1ncccc1I. The van der Waals surface area contributed by atoms with Crippen molar-refractivity contribution in [3.8, 4) is 0 Å². The van der Waals surface area contributed by atoms with E-state index in [1.165, 1.54) is 11.3 Å². The van der Waals surface area contributed by atoms with Gasteiger partial charge in [-0.15, -0.1) is 11.3 Å². The third kappa shape index (κ3) is 2.38.